The number of carbonyl (C=O) groups is 3. The molecule has 2 fully saturated rings. The summed E-state index contributed by atoms with van der Waals surface area (Å²) in [5, 5.41) is 24.3. The summed E-state index contributed by atoms with van der Waals surface area (Å²) < 4.78 is 11.6. The van der Waals surface area contributed by atoms with Gasteiger partial charge in [0.1, 0.15) is 17.8 Å². The van der Waals surface area contributed by atoms with E-state index in [4.69, 9.17) is 9.47 Å². The third kappa shape index (κ3) is 5.49. The summed E-state index contributed by atoms with van der Waals surface area (Å²) in [4.78, 5) is 38.0. The lowest BCUT2D eigenvalue weighted by atomic mass is 9.60. The van der Waals surface area contributed by atoms with Gasteiger partial charge in [0.25, 0.3) is 0 Å². The Morgan fingerprint density at radius 3 is 2.37 bits per heavy atom. The number of Topliss-reactive ketones (excluding diaryl/α,β-unsaturated/α-hetero) is 1. The zero-order chi connectivity index (χ0) is 30.2. The first kappa shape index (κ1) is 31.7. The number of hydrogen-bond donors (Lipinski definition) is 2. The first-order valence-electron chi connectivity index (χ1n) is 15.6. The predicted molar refractivity (Wildman–Crippen MR) is 157 cm³/mol. The molecular formula is C34H50O7. The Balaban J connectivity index is 1.52. The molecule has 41 heavy (non-hydrogen) atoms. The number of rotatable bonds is 12. The number of ketones is 1. The van der Waals surface area contributed by atoms with Gasteiger partial charge in [-0.3, -0.25) is 14.4 Å². The van der Waals surface area contributed by atoms with E-state index >= 15 is 0 Å². The van der Waals surface area contributed by atoms with E-state index in [1.54, 1.807) is 13.0 Å². The largest absolute Gasteiger partial charge is 0.461 e. The highest BCUT2D eigenvalue weighted by atomic mass is 16.6. The Hall–Kier alpha value is -2.25. The Morgan fingerprint density at radius 2 is 1.73 bits per heavy atom. The molecule has 7 atom stereocenters. The number of carbonyl (C=O) groups excluding carboxylic acids is 3. The number of aliphatic hydroxyl groups is 2. The van der Waals surface area contributed by atoms with Crippen LogP contribution in [0.25, 0.3) is 0 Å². The SMILES string of the molecule is CCCCCC=CCCCCC(=O)O[C@@]12C[C@@H](C)[C@]3(O)[C@H]4C=C(C)C(=O)[C@@]4(O)CC(COC(C)=O)=C[C@H]3[C@@H]1C2(C)C. The summed E-state index contributed by atoms with van der Waals surface area (Å²) in [6, 6.07) is 0. The molecule has 0 aromatic carbocycles. The van der Waals surface area contributed by atoms with Crippen molar-refractivity contribution in [1.29, 1.82) is 0 Å². The van der Waals surface area contributed by atoms with Crippen LogP contribution < -0.4 is 0 Å². The zero-order valence-electron chi connectivity index (χ0n) is 25.8. The minimum atomic E-state index is -1.81. The zero-order valence-corrected chi connectivity index (χ0v) is 25.8. The molecule has 0 aromatic heterocycles. The first-order chi connectivity index (χ1) is 19.3. The molecule has 0 spiro atoms. The van der Waals surface area contributed by atoms with Gasteiger partial charge in [0.05, 0.1) is 5.60 Å². The minimum Gasteiger partial charge on any atom is -0.461 e. The summed E-state index contributed by atoms with van der Waals surface area (Å²) in [5.41, 5.74) is -3.37. The van der Waals surface area contributed by atoms with Gasteiger partial charge in [0, 0.05) is 42.9 Å². The molecule has 0 saturated heterocycles. The van der Waals surface area contributed by atoms with Gasteiger partial charge in [-0.15, -0.1) is 0 Å². The average Bonchev–Trinajstić information content (AvgIpc) is 3.30. The molecule has 0 bridgehead atoms. The number of esters is 2. The predicted octanol–water partition coefficient (Wildman–Crippen LogP) is 5.78. The van der Waals surface area contributed by atoms with Crippen LogP contribution in [0.1, 0.15) is 106 Å². The van der Waals surface area contributed by atoms with Crippen LogP contribution in [0.15, 0.2) is 35.5 Å². The standard InChI is InChI=1S/C34H50O7/c1-7-8-9-10-11-12-13-14-15-16-28(36)41-33-19-23(3)34(39)26(29(33)31(33,5)6)18-25(21-40-24(4)35)20-32(38)27(34)17-22(2)30(32)37/h11-12,17-18,23,26-27,29,38-39H,7-10,13-16,19-21H2,1-6H3/t23-,26+,27+,29-,32-,33+,34-/m1/s1. The summed E-state index contributed by atoms with van der Waals surface area (Å²) in [5.74, 6) is -2.95. The van der Waals surface area contributed by atoms with Crippen LogP contribution in [-0.4, -0.2) is 51.3 Å². The summed E-state index contributed by atoms with van der Waals surface area (Å²) in [6.07, 6.45) is 16.3. The van der Waals surface area contributed by atoms with Gasteiger partial charge in [-0.05, 0) is 62.5 Å². The Kier molecular flexibility index (Phi) is 9.11. The maximum atomic E-state index is 13.2. The second-order valence-corrected chi connectivity index (χ2v) is 13.7. The Bertz CT molecular complexity index is 1130. The highest BCUT2D eigenvalue weighted by molar-refractivity contribution is 6.04. The summed E-state index contributed by atoms with van der Waals surface area (Å²) in [7, 11) is 0. The third-order valence-corrected chi connectivity index (χ3v) is 10.6. The van der Waals surface area contributed by atoms with Gasteiger partial charge >= 0.3 is 11.9 Å². The fourth-order valence-corrected chi connectivity index (χ4v) is 8.32. The molecule has 2 N–H and O–H groups in total. The normalized spacial score (nSPS) is 36.9. The topological polar surface area (TPSA) is 110 Å². The van der Waals surface area contributed by atoms with E-state index in [1.165, 1.54) is 26.2 Å². The van der Waals surface area contributed by atoms with E-state index in [1.807, 2.05) is 13.0 Å². The van der Waals surface area contributed by atoms with Gasteiger partial charge in [-0.1, -0.05) is 64.8 Å². The van der Waals surface area contributed by atoms with Gasteiger partial charge < -0.3 is 19.7 Å². The maximum Gasteiger partial charge on any atom is 0.306 e. The Labute approximate surface area is 245 Å². The average molecular weight is 571 g/mol. The second-order valence-electron chi connectivity index (χ2n) is 13.7. The van der Waals surface area contributed by atoms with Crippen LogP contribution in [0.4, 0.5) is 0 Å². The van der Waals surface area contributed by atoms with Crippen LogP contribution >= 0.6 is 0 Å². The monoisotopic (exact) mass is 570 g/mol. The fourth-order valence-electron chi connectivity index (χ4n) is 8.32. The fraction of sp³-hybridized carbons (Fsp3) is 0.735. The van der Waals surface area contributed by atoms with Crippen LogP contribution in [0.2, 0.25) is 0 Å². The van der Waals surface area contributed by atoms with Gasteiger partial charge in [-0.25, -0.2) is 0 Å². The third-order valence-electron chi connectivity index (χ3n) is 10.6. The summed E-state index contributed by atoms with van der Waals surface area (Å²) in [6.45, 7) is 11.2. The van der Waals surface area contributed by atoms with Crippen LogP contribution in [0.5, 0.6) is 0 Å². The van der Waals surface area contributed by atoms with E-state index < -0.39 is 45.8 Å². The molecule has 7 heteroatoms. The van der Waals surface area contributed by atoms with Gasteiger partial charge in [0.15, 0.2) is 5.78 Å². The molecular weight excluding hydrogens is 520 g/mol. The highest BCUT2D eigenvalue weighted by Crippen LogP contribution is 2.76. The van der Waals surface area contributed by atoms with E-state index in [2.05, 4.69) is 32.9 Å². The molecule has 4 aliphatic carbocycles. The molecule has 4 aliphatic rings. The minimum absolute atomic E-state index is 0.0177. The highest BCUT2D eigenvalue weighted by Gasteiger charge is 2.83. The van der Waals surface area contributed by atoms with Crippen molar-refractivity contribution >= 4 is 17.7 Å². The van der Waals surface area contributed by atoms with Gasteiger partial charge in [0.2, 0.25) is 0 Å². The maximum absolute atomic E-state index is 13.2. The van der Waals surface area contributed by atoms with Crippen molar-refractivity contribution in [3.8, 4) is 0 Å². The molecule has 0 radical (unpaired) electrons. The van der Waals surface area contributed by atoms with Crippen molar-refractivity contribution in [1.82, 2.24) is 0 Å². The number of unbranched alkanes of at least 4 members (excludes halogenated alkanes) is 5. The lowest BCUT2D eigenvalue weighted by molar-refractivity contribution is -0.187. The van der Waals surface area contributed by atoms with E-state index in [-0.39, 0.29) is 30.8 Å². The van der Waals surface area contributed by atoms with E-state index in [9.17, 15) is 24.6 Å². The van der Waals surface area contributed by atoms with Crippen molar-refractivity contribution < 1.29 is 34.1 Å². The van der Waals surface area contributed by atoms with E-state index in [0.29, 0.717) is 24.0 Å². The smallest absolute Gasteiger partial charge is 0.306 e. The molecule has 7 nitrogen and oxygen atoms in total. The molecule has 228 valence electrons. The van der Waals surface area contributed by atoms with Crippen LogP contribution in [-0.2, 0) is 23.9 Å². The quantitative estimate of drug-likeness (QED) is 0.174. The van der Waals surface area contributed by atoms with Crippen LogP contribution in [0.3, 0.4) is 0 Å². The van der Waals surface area contributed by atoms with Crippen molar-refractivity contribution in [2.24, 2.45) is 29.1 Å². The molecule has 0 amide bonds. The molecule has 0 heterocycles. The first-order valence-corrected chi connectivity index (χ1v) is 15.6. The van der Waals surface area contributed by atoms with E-state index in [0.717, 1.165) is 25.7 Å². The number of hydrogen-bond acceptors (Lipinski definition) is 7. The molecule has 0 aliphatic heterocycles. The molecule has 0 aromatic rings. The van der Waals surface area contributed by atoms with Crippen molar-refractivity contribution in [3.63, 3.8) is 0 Å². The molecule has 2 saturated carbocycles. The van der Waals surface area contributed by atoms with Crippen molar-refractivity contribution in [2.75, 3.05) is 6.61 Å². The number of fused-ring (bicyclic) bond motifs is 5. The van der Waals surface area contributed by atoms with Gasteiger partial charge in [-0.2, -0.15) is 0 Å². The number of ether oxygens (including phenoxy) is 2. The molecule has 4 rings (SSSR count). The van der Waals surface area contributed by atoms with Crippen molar-refractivity contribution in [3.05, 3.63) is 35.5 Å². The second kappa shape index (κ2) is 11.8. The lowest BCUT2D eigenvalue weighted by Crippen LogP contribution is -2.61. The van der Waals surface area contributed by atoms with Crippen molar-refractivity contribution in [2.45, 2.75) is 123 Å². The Morgan fingerprint density at radius 1 is 1.07 bits per heavy atom. The number of allylic oxidation sites excluding steroid dienone is 2. The van der Waals surface area contributed by atoms with Crippen LogP contribution in [0, 0.1) is 29.1 Å². The lowest BCUT2D eigenvalue weighted by Gasteiger charge is -2.50. The molecule has 0 unspecified atom stereocenters. The summed E-state index contributed by atoms with van der Waals surface area (Å²) >= 11 is 0.